The molecule has 0 radical (unpaired) electrons. The van der Waals surface area contributed by atoms with Crippen molar-refractivity contribution in [2.45, 2.75) is 13.0 Å². The molecule has 6 nitrogen and oxygen atoms in total. The van der Waals surface area contributed by atoms with Crippen LogP contribution < -0.4 is 5.32 Å². The summed E-state index contributed by atoms with van der Waals surface area (Å²) in [6, 6.07) is -0.946. The van der Waals surface area contributed by atoms with Gasteiger partial charge in [-0.15, -0.1) is 0 Å². The number of ether oxygens (including phenoxy) is 1. The van der Waals surface area contributed by atoms with Crippen LogP contribution in [0.15, 0.2) is 0 Å². The third-order valence-electron chi connectivity index (χ3n) is 1.10. The van der Waals surface area contributed by atoms with Crippen molar-refractivity contribution in [1.29, 1.82) is 0 Å². The van der Waals surface area contributed by atoms with Crippen LogP contribution in [0.2, 0.25) is 0 Å². The first-order chi connectivity index (χ1) is 5.49. The molecule has 0 aliphatic rings. The highest BCUT2D eigenvalue weighted by Gasteiger charge is 2.19. The summed E-state index contributed by atoms with van der Waals surface area (Å²) in [6.07, 6.45) is 0. The van der Waals surface area contributed by atoms with Gasteiger partial charge < -0.3 is 15.2 Å². The van der Waals surface area contributed by atoms with Gasteiger partial charge in [0.25, 0.3) is 0 Å². The standard InChI is InChI=1S/C6H9NO5/c1-3(6(11)12-2)7-4(8)5(9)10/h3H,1-2H3,(H,7,8)(H,9,10)/t3-/m0/s1. The number of carbonyl (C=O) groups is 3. The molecule has 0 aromatic carbocycles. The molecule has 6 heteroatoms. The van der Waals surface area contributed by atoms with Crippen LogP contribution in [0.5, 0.6) is 0 Å². The highest BCUT2D eigenvalue weighted by atomic mass is 16.5. The first kappa shape index (κ1) is 10.4. The van der Waals surface area contributed by atoms with Crippen LogP contribution >= 0.6 is 0 Å². The van der Waals surface area contributed by atoms with Crippen LogP contribution in [0.4, 0.5) is 0 Å². The van der Waals surface area contributed by atoms with Gasteiger partial charge in [-0.3, -0.25) is 4.79 Å². The molecule has 0 rings (SSSR count). The van der Waals surface area contributed by atoms with E-state index in [1.807, 2.05) is 5.32 Å². The Balaban J connectivity index is 4.01. The molecular formula is C6H9NO5. The number of methoxy groups -OCH3 is 1. The lowest BCUT2D eigenvalue weighted by atomic mass is 10.3. The summed E-state index contributed by atoms with van der Waals surface area (Å²) in [4.78, 5) is 31.1. The van der Waals surface area contributed by atoms with Gasteiger partial charge in [-0.1, -0.05) is 0 Å². The third kappa shape index (κ3) is 3.00. The minimum atomic E-state index is -1.63. The maximum Gasteiger partial charge on any atom is 0.394 e. The summed E-state index contributed by atoms with van der Waals surface area (Å²) in [5.41, 5.74) is 0. The Labute approximate surface area is 68.5 Å². The number of hydrogen-bond acceptors (Lipinski definition) is 4. The van der Waals surface area contributed by atoms with E-state index in [9.17, 15) is 14.4 Å². The normalized spacial score (nSPS) is 11.5. The van der Waals surface area contributed by atoms with E-state index in [1.165, 1.54) is 6.92 Å². The van der Waals surface area contributed by atoms with Crippen molar-refractivity contribution in [3.63, 3.8) is 0 Å². The molecule has 0 saturated heterocycles. The minimum Gasteiger partial charge on any atom is -0.474 e. The van der Waals surface area contributed by atoms with Gasteiger partial charge in [0.05, 0.1) is 7.11 Å². The molecule has 0 unspecified atom stereocenters. The molecule has 0 aliphatic carbocycles. The zero-order chi connectivity index (χ0) is 9.72. The molecule has 0 aromatic heterocycles. The summed E-state index contributed by atoms with van der Waals surface area (Å²) >= 11 is 0. The number of hydrogen-bond donors (Lipinski definition) is 2. The van der Waals surface area contributed by atoms with Crippen molar-refractivity contribution in [1.82, 2.24) is 5.32 Å². The number of nitrogens with one attached hydrogen (secondary N) is 1. The molecule has 1 amide bonds. The number of carboxylic acid groups (broad SMARTS) is 1. The maximum absolute atomic E-state index is 10.6. The Morgan fingerprint density at radius 1 is 1.42 bits per heavy atom. The predicted octanol–water partition coefficient (Wildman–Crippen LogP) is -1.25. The van der Waals surface area contributed by atoms with Crippen molar-refractivity contribution < 1.29 is 24.2 Å². The quantitative estimate of drug-likeness (QED) is 0.404. The zero-order valence-electron chi connectivity index (χ0n) is 6.66. The van der Waals surface area contributed by atoms with E-state index in [-0.39, 0.29) is 0 Å². The highest BCUT2D eigenvalue weighted by molar-refractivity contribution is 6.31. The van der Waals surface area contributed by atoms with Crippen molar-refractivity contribution in [3.8, 4) is 0 Å². The number of aliphatic carboxylic acids is 1. The fourth-order valence-corrected chi connectivity index (χ4v) is 0.494. The first-order valence-corrected chi connectivity index (χ1v) is 3.10. The second-order valence-corrected chi connectivity index (χ2v) is 2.02. The van der Waals surface area contributed by atoms with E-state index in [4.69, 9.17) is 5.11 Å². The lowest BCUT2D eigenvalue weighted by Crippen LogP contribution is -2.42. The number of amides is 1. The summed E-state index contributed by atoms with van der Waals surface area (Å²) < 4.78 is 4.25. The second-order valence-electron chi connectivity index (χ2n) is 2.02. The number of carboxylic acids is 1. The SMILES string of the molecule is COC(=O)[C@H](C)NC(=O)C(=O)O. The summed E-state index contributed by atoms with van der Waals surface area (Å²) in [5, 5.41) is 10.0. The zero-order valence-corrected chi connectivity index (χ0v) is 6.66. The van der Waals surface area contributed by atoms with Gasteiger partial charge in [0.15, 0.2) is 0 Å². The number of rotatable bonds is 2. The van der Waals surface area contributed by atoms with Crippen LogP contribution in [0, 0.1) is 0 Å². The molecule has 1 atom stereocenters. The fourth-order valence-electron chi connectivity index (χ4n) is 0.494. The maximum atomic E-state index is 10.6. The molecule has 0 aliphatic heterocycles. The monoisotopic (exact) mass is 175 g/mol. The molecule has 0 aromatic rings. The number of esters is 1. The first-order valence-electron chi connectivity index (χ1n) is 3.10. The summed E-state index contributed by atoms with van der Waals surface area (Å²) in [7, 11) is 1.14. The molecule has 2 N–H and O–H groups in total. The average molecular weight is 175 g/mol. The minimum absolute atomic E-state index is 0.690. The second kappa shape index (κ2) is 4.32. The lowest BCUT2D eigenvalue weighted by Gasteiger charge is -2.08. The van der Waals surface area contributed by atoms with Gasteiger partial charge in [0, 0.05) is 0 Å². The van der Waals surface area contributed by atoms with E-state index in [0.717, 1.165) is 7.11 Å². The Kier molecular flexibility index (Phi) is 3.75. The molecule has 68 valence electrons. The molecule has 0 saturated carbocycles. The third-order valence-corrected chi connectivity index (χ3v) is 1.10. The molecule has 0 spiro atoms. The Hall–Kier alpha value is -1.59. The average Bonchev–Trinajstić information content (AvgIpc) is 2.02. The van der Waals surface area contributed by atoms with Crippen LogP contribution in [-0.4, -0.2) is 36.1 Å². The van der Waals surface area contributed by atoms with Gasteiger partial charge in [0.1, 0.15) is 6.04 Å². The van der Waals surface area contributed by atoms with E-state index >= 15 is 0 Å². The summed E-state index contributed by atoms with van der Waals surface area (Å²) in [6.45, 7) is 1.33. The predicted molar refractivity (Wildman–Crippen MR) is 37.3 cm³/mol. The van der Waals surface area contributed by atoms with Gasteiger partial charge in [0.2, 0.25) is 0 Å². The van der Waals surface area contributed by atoms with Crippen LogP contribution in [0.25, 0.3) is 0 Å². The topological polar surface area (TPSA) is 92.7 Å². The van der Waals surface area contributed by atoms with E-state index in [1.54, 1.807) is 0 Å². The van der Waals surface area contributed by atoms with Gasteiger partial charge in [-0.25, -0.2) is 9.59 Å². The fraction of sp³-hybridized carbons (Fsp3) is 0.500. The van der Waals surface area contributed by atoms with Gasteiger partial charge >= 0.3 is 17.8 Å². The van der Waals surface area contributed by atoms with Crippen molar-refractivity contribution >= 4 is 17.8 Å². The van der Waals surface area contributed by atoms with E-state index in [2.05, 4.69) is 4.74 Å². The molecule has 0 bridgehead atoms. The molecule has 12 heavy (non-hydrogen) atoms. The van der Waals surface area contributed by atoms with Gasteiger partial charge in [-0.05, 0) is 6.92 Å². The molecular weight excluding hydrogens is 166 g/mol. The van der Waals surface area contributed by atoms with Crippen molar-refractivity contribution in [2.24, 2.45) is 0 Å². The van der Waals surface area contributed by atoms with Crippen LogP contribution in [-0.2, 0) is 19.1 Å². The van der Waals surface area contributed by atoms with E-state index in [0.29, 0.717) is 0 Å². The van der Waals surface area contributed by atoms with Crippen LogP contribution in [0.1, 0.15) is 6.92 Å². The molecule has 0 heterocycles. The Morgan fingerprint density at radius 3 is 2.25 bits per heavy atom. The summed E-state index contributed by atoms with van der Waals surface area (Å²) in [5.74, 6) is -3.55. The van der Waals surface area contributed by atoms with Gasteiger partial charge in [-0.2, -0.15) is 0 Å². The number of carbonyl (C=O) groups excluding carboxylic acids is 2. The van der Waals surface area contributed by atoms with Crippen LogP contribution in [0.3, 0.4) is 0 Å². The van der Waals surface area contributed by atoms with E-state index < -0.39 is 23.9 Å². The molecule has 0 fully saturated rings. The Morgan fingerprint density at radius 2 is 1.92 bits per heavy atom. The lowest BCUT2D eigenvalue weighted by molar-refractivity contribution is -0.152. The Bertz CT molecular complexity index is 212. The largest absolute Gasteiger partial charge is 0.474 e. The highest BCUT2D eigenvalue weighted by Crippen LogP contribution is 1.85. The smallest absolute Gasteiger partial charge is 0.394 e. The van der Waals surface area contributed by atoms with Crippen molar-refractivity contribution in [3.05, 3.63) is 0 Å². The van der Waals surface area contributed by atoms with Crippen molar-refractivity contribution in [2.75, 3.05) is 7.11 Å².